The van der Waals surface area contributed by atoms with E-state index >= 15 is 0 Å². The average Bonchev–Trinajstić information content (AvgIpc) is 2.49. The van der Waals surface area contributed by atoms with Crippen LogP contribution in [0.25, 0.3) is 0 Å². The highest BCUT2D eigenvalue weighted by Crippen LogP contribution is 2.18. The van der Waals surface area contributed by atoms with Crippen LogP contribution in [0.2, 0.25) is 0 Å². The summed E-state index contributed by atoms with van der Waals surface area (Å²) in [5.41, 5.74) is 0.969. The molecule has 0 aliphatic heterocycles. The first-order chi connectivity index (χ1) is 9.76. The maximum absolute atomic E-state index is 13.4. The molecule has 0 radical (unpaired) electrons. The molecule has 0 amide bonds. The Balaban J connectivity index is 2.23. The summed E-state index contributed by atoms with van der Waals surface area (Å²) in [7, 11) is 0. The highest BCUT2D eigenvalue weighted by atomic mass is 19.1. The minimum atomic E-state index is -0.457. The van der Waals surface area contributed by atoms with Crippen LogP contribution in [0.3, 0.4) is 0 Å². The van der Waals surface area contributed by atoms with Gasteiger partial charge in [-0.1, -0.05) is 41.6 Å². The van der Waals surface area contributed by atoms with E-state index in [1.807, 2.05) is 0 Å². The van der Waals surface area contributed by atoms with Crippen LogP contribution in [0.5, 0.6) is 5.75 Å². The summed E-state index contributed by atoms with van der Waals surface area (Å²) >= 11 is 0. The number of halogens is 1. The maximum Gasteiger partial charge on any atom is 0.187 e. The quantitative estimate of drug-likeness (QED) is 0.527. The van der Waals surface area contributed by atoms with Crippen molar-refractivity contribution < 1.29 is 14.3 Å². The highest BCUT2D eigenvalue weighted by molar-refractivity contribution is 6.12. The van der Waals surface area contributed by atoms with E-state index in [1.165, 1.54) is 12.1 Å². The zero-order chi connectivity index (χ0) is 14.4. The molecular weight excluding hydrogens is 259 g/mol. The molecule has 0 heterocycles. The Morgan fingerprint density at radius 3 is 2.60 bits per heavy atom. The van der Waals surface area contributed by atoms with Crippen LogP contribution >= 0.6 is 0 Å². The van der Waals surface area contributed by atoms with Crippen LogP contribution in [-0.2, 0) is 6.61 Å². The van der Waals surface area contributed by atoms with Crippen molar-refractivity contribution in [3.63, 3.8) is 0 Å². The third-order valence-corrected chi connectivity index (χ3v) is 2.70. The number of rotatable bonds is 4. The standard InChI is InChI=1S/C15H11FN2O2/c16-13-7-3-4-8-15(13)20-10-11-5-1-2-6-12(11)14(9-17)18-19/h1-8,19H,10H2/b18-14-. The zero-order valence-electron chi connectivity index (χ0n) is 10.5. The highest BCUT2D eigenvalue weighted by Gasteiger charge is 2.10. The number of oxime groups is 1. The number of ether oxygens (including phenoxy) is 1. The second-order valence-corrected chi connectivity index (χ2v) is 3.94. The van der Waals surface area contributed by atoms with Gasteiger partial charge in [-0.05, 0) is 17.7 Å². The fraction of sp³-hybridized carbons (Fsp3) is 0.0667. The number of benzene rings is 2. The lowest BCUT2D eigenvalue weighted by Gasteiger charge is -2.10. The van der Waals surface area contributed by atoms with E-state index in [1.54, 1.807) is 42.5 Å². The summed E-state index contributed by atoms with van der Waals surface area (Å²) < 4.78 is 18.8. The molecule has 20 heavy (non-hydrogen) atoms. The molecule has 0 fully saturated rings. The summed E-state index contributed by atoms with van der Waals surface area (Å²) in [5, 5.41) is 20.6. The normalized spacial score (nSPS) is 10.9. The van der Waals surface area contributed by atoms with Gasteiger partial charge in [-0.3, -0.25) is 0 Å². The largest absolute Gasteiger partial charge is 0.486 e. The lowest BCUT2D eigenvalue weighted by Crippen LogP contribution is -2.06. The van der Waals surface area contributed by atoms with E-state index < -0.39 is 5.82 Å². The lowest BCUT2D eigenvalue weighted by molar-refractivity contribution is 0.290. The predicted octanol–water partition coefficient (Wildman–Crippen LogP) is 3.11. The van der Waals surface area contributed by atoms with Crippen LogP contribution in [0.4, 0.5) is 4.39 Å². The molecule has 0 saturated carbocycles. The number of nitrogens with zero attached hydrogens (tertiary/aromatic N) is 2. The van der Waals surface area contributed by atoms with Crippen molar-refractivity contribution in [2.45, 2.75) is 6.61 Å². The monoisotopic (exact) mass is 270 g/mol. The summed E-state index contributed by atoms with van der Waals surface area (Å²) in [5.74, 6) is -0.330. The van der Waals surface area contributed by atoms with Crippen molar-refractivity contribution in [2.24, 2.45) is 5.16 Å². The van der Waals surface area contributed by atoms with Crippen molar-refractivity contribution in [1.82, 2.24) is 0 Å². The summed E-state index contributed by atoms with van der Waals surface area (Å²) in [6.45, 7) is 0.0673. The van der Waals surface area contributed by atoms with Gasteiger partial charge in [0, 0.05) is 5.56 Å². The SMILES string of the molecule is N#C/C(=N/O)c1ccccc1COc1ccccc1F. The van der Waals surface area contributed by atoms with E-state index in [-0.39, 0.29) is 18.1 Å². The molecule has 0 aliphatic carbocycles. The molecule has 100 valence electrons. The van der Waals surface area contributed by atoms with Gasteiger partial charge in [-0.25, -0.2) is 4.39 Å². The minimum Gasteiger partial charge on any atom is -0.486 e. The molecule has 5 heteroatoms. The molecule has 0 atom stereocenters. The number of para-hydroxylation sites is 1. The third-order valence-electron chi connectivity index (χ3n) is 2.70. The third kappa shape index (κ3) is 2.93. The fourth-order valence-corrected chi connectivity index (χ4v) is 1.73. The minimum absolute atomic E-state index is 0.0673. The first kappa shape index (κ1) is 13.6. The Morgan fingerprint density at radius 2 is 1.90 bits per heavy atom. The van der Waals surface area contributed by atoms with Crippen LogP contribution in [0, 0.1) is 17.1 Å². The van der Waals surface area contributed by atoms with Crippen molar-refractivity contribution in [3.05, 3.63) is 65.5 Å². The molecule has 2 rings (SSSR count). The van der Waals surface area contributed by atoms with Crippen LogP contribution in [0.1, 0.15) is 11.1 Å². The van der Waals surface area contributed by atoms with Gasteiger partial charge < -0.3 is 9.94 Å². The summed E-state index contributed by atoms with van der Waals surface area (Å²) in [6.07, 6.45) is 0. The molecular formula is C15H11FN2O2. The first-order valence-corrected chi connectivity index (χ1v) is 5.84. The van der Waals surface area contributed by atoms with Crippen LogP contribution in [0.15, 0.2) is 53.7 Å². The average molecular weight is 270 g/mol. The Kier molecular flexibility index (Phi) is 4.30. The summed E-state index contributed by atoms with van der Waals surface area (Å²) in [4.78, 5) is 0. The molecule has 0 aromatic heterocycles. The van der Waals surface area contributed by atoms with Crippen LogP contribution in [-0.4, -0.2) is 10.9 Å². The fourth-order valence-electron chi connectivity index (χ4n) is 1.73. The van der Waals surface area contributed by atoms with E-state index in [9.17, 15) is 4.39 Å². The van der Waals surface area contributed by atoms with E-state index in [0.717, 1.165) is 0 Å². The van der Waals surface area contributed by atoms with E-state index in [2.05, 4.69) is 5.16 Å². The molecule has 0 aliphatic rings. The topological polar surface area (TPSA) is 65.6 Å². The van der Waals surface area contributed by atoms with Gasteiger partial charge in [0.1, 0.15) is 12.7 Å². The Morgan fingerprint density at radius 1 is 1.20 bits per heavy atom. The Hall–Kier alpha value is -2.87. The maximum atomic E-state index is 13.4. The van der Waals surface area contributed by atoms with Gasteiger partial charge in [0.2, 0.25) is 0 Å². The molecule has 0 spiro atoms. The molecule has 4 nitrogen and oxygen atoms in total. The molecule has 0 unspecified atom stereocenters. The number of hydrogen-bond acceptors (Lipinski definition) is 4. The molecule has 0 saturated heterocycles. The van der Waals surface area contributed by atoms with Gasteiger partial charge in [-0.15, -0.1) is 0 Å². The van der Waals surface area contributed by atoms with Crippen molar-refractivity contribution in [2.75, 3.05) is 0 Å². The summed E-state index contributed by atoms with van der Waals surface area (Å²) in [6, 6.07) is 14.7. The zero-order valence-corrected chi connectivity index (χ0v) is 10.5. The van der Waals surface area contributed by atoms with Gasteiger partial charge >= 0.3 is 0 Å². The smallest absolute Gasteiger partial charge is 0.187 e. The molecule has 2 aromatic rings. The molecule has 2 aromatic carbocycles. The molecule has 1 N–H and O–H groups in total. The van der Waals surface area contributed by atoms with Gasteiger partial charge in [-0.2, -0.15) is 5.26 Å². The Bertz CT molecular complexity index is 678. The lowest BCUT2D eigenvalue weighted by atomic mass is 10.0. The van der Waals surface area contributed by atoms with Gasteiger partial charge in [0.25, 0.3) is 0 Å². The van der Waals surface area contributed by atoms with Gasteiger partial charge in [0.05, 0.1) is 0 Å². The second kappa shape index (κ2) is 6.34. The number of nitriles is 1. The van der Waals surface area contributed by atoms with Crippen LogP contribution < -0.4 is 4.74 Å². The first-order valence-electron chi connectivity index (χ1n) is 5.84. The van der Waals surface area contributed by atoms with Crippen molar-refractivity contribution in [3.8, 4) is 11.8 Å². The predicted molar refractivity (Wildman–Crippen MR) is 71.1 cm³/mol. The van der Waals surface area contributed by atoms with Gasteiger partial charge in [0.15, 0.2) is 17.3 Å². The molecule has 0 bridgehead atoms. The Labute approximate surface area is 115 Å². The van der Waals surface area contributed by atoms with E-state index in [4.69, 9.17) is 15.2 Å². The number of hydrogen-bond donors (Lipinski definition) is 1. The van der Waals surface area contributed by atoms with Crippen molar-refractivity contribution in [1.29, 1.82) is 5.26 Å². The second-order valence-electron chi connectivity index (χ2n) is 3.94. The van der Waals surface area contributed by atoms with E-state index in [0.29, 0.717) is 11.1 Å². The van der Waals surface area contributed by atoms with Crippen molar-refractivity contribution >= 4 is 5.71 Å².